The van der Waals surface area contributed by atoms with Crippen LogP contribution >= 0.6 is 0 Å². The van der Waals surface area contributed by atoms with Gasteiger partial charge in [0.25, 0.3) is 0 Å². The third-order valence-electron chi connectivity index (χ3n) is 1.68. The van der Waals surface area contributed by atoms with Crippen molar-refractivity contribution in [2.45, 2.75) is 19.9 Å². The summed E-state index contributed by atoms with van der Waals surface area (Å²) in [4.78, 5) is 8.16. The lowest BCUT2D eigenvalue weighted by atomic mass is 10.3. The molecule has 1 unspecified atom stereocenters. The molecule has 0 fully saturated rings. The molecule has 14 heavy (non-hydrogen) atoms. The number of aromatic nitrogens is 2. The van der Waals surface area contributed by atoms with Gasteiger partial charge < -0.3 is 5.32 Å². The largest absolute Gasteiger partial charge is 0.348 e. The summed E-state index contributed by atoms with van der Waals surface area (Å²) in [6.07, 6.45) is 1.75. The zero-order valence-electron chi connectivity index (χ0n) is 8.28. The van der Waals surface area contributed by atoms with Crippen LogP contribution in [0.3, 0.4) is 0 Å². The quantitative estimate of drug-likeness (QED) is 0.732. The van der Waals surface area contributed by atoms with Gasteiger partial charge in [0, 0.05) is 11.7 Å². The molecule has 1 N–H and O–H groups in total. The highest BCUT2D eigenvalue weighted by Gasteiger charge is 2.02. The second-order valence-corrected chi connectivity index (χ2v) is 3.00. The van der Waals surface area contributed by atoms with Gasteiger partial charge in [-0.05, 0) is 19.9 Å². The highest BCUT2D eigenvalue weighted by Crippen LogP contribution is 2.05. The minimum absolute atomic E-state index is 0.0864. The van der Waals surface area contributed by atoms with Crippen molar-refractivity contribution in [2.24, 2.45) is 0 Å². The first kappa shape index (κ1) is 10.2. The van der Waals surface area contributed by atoms with Crippen LogP contribution in [-0.4, -0.2) is 16.0 Å². The second-order valence-electron chi connectivity index (χ2n) is 3.00. The van der Waals surface area contributed by atoms with E-state index < -0.39 is 0 Å². The number of anilines is 1. The molecule has 0 spiro atoms. The molecule has 0 aromatic carbocycles. The van der Waals surface area contributed by atoms with Gasteiger partial charge in [-0.2, -0.15) is 5.26 Å². The number of hydrogen-bond acceptors (Lipinski definition) is 4. The zero-order valence-corrected chi connectivity index (χ0v) is 8.28. The van der Waals surface area contributed by atoms with Gasteiger partial charge in [0.05, 0.1) is 0 Å². The fourth-order valence-corrected chi connectivity index (χ4v) is 0.953. The van der Waals surface area contributed by atoms with Gasteiger partial charge in [0.1, 0.15) is 11.8 Å². The predicted molar refractivity (Wildman–Crippen MR) is 54.8 cm³/mol. The second kappa shape index (κ2) is 4.38. The van der Waals surface area contributed by atoms with Gasteiger partial charge in [0.2, 0.25) is 5.95 Å². The predicted octanol–water partition coefficient (Wildman–Crippen LogP) is 1.64. The zero-order chi connectivity index (χ0) is 10.6. The number of nitrogens with one attached hydrogen (secondary N) is 1. The molecular weight excluding hydrogens is 176 g/mol. The van der Waals surface area contributed by atoms with Crippen molar-refractivity contribution in [1.29, 1.82) is 5.26 Å². The van der Waals surface area contributed by atoms with Crippen molar-refractivity contribution >= 4 is 5.95 Å². The van der Waals surface area contributed by atoms with E-state index in [0.29, 0.717) is 11.6 Å². The van der Waals surface area contributed by atoms with E-state index in [1.807, 2.05) is 19.9 Å². The molecule has 0 aliphatic heterocycles. The van der Waals surface area contributed by atoms with Crippen molar-refractivity contribution in [1.82, 2.24) is 9.97 Å². The number of rotatable bonds is 3. The number of nitriles is 1. The molecule has 4 nitrogen and oxygen atoms in total. The minimum Gasteiger partial charge on any atom is -0.348 e. The maximum absolute atomic E-state index is 8.69. The van der Waals surface area contributed by atoms with Crippen LogP contribution in [0, 0.1) is 18.3 Å². The Morgan fingerprint density at radius 3 is 2.93 bits per heavy atom. The molecule has 0 aliphatic carbocycles. The van der Waals surface area contributed by atoms with Crippen molar-refractivity contribution in [3.63, 3.8) is 0 Å². The van der Waals surface area contributed by atoms with Crippen molar-refractivity contribution in [3.8, 4) is 6.07 Å². The average Bonchev–Trinajstić information content (AvgIpc) is 2.16. The minimum atomic E-state index is 0.0864. The van der Waals surface area contributed by atoms with Crippen LogP contribution in [0.25, 0.3) is 0 Å². The molecule has 1 atom stereocenters. The van der Waals surface area contributed by atoms with Crippen molar-refractivity contribution in [2.75, 3.05) is 5.32 Å². The maximum Gasteiger partial charge on any atom is 0.224 e. The molecule has 0 saturated heterocycles. The summed E-state index contributed by atoms with van der Waals surface area (Å²) in [5.74, 6) is 0.467. The topological polar surface area (TPSA) is 61.6 Å². The molecule has 0 bridgehead atoms. The maximum atomic E-state index is 8.69. The number of nitrogens with zero attached hydrogens (tertiary/aromatic N) is 3. The Morgan fingerprint density at radius 2 is 2.36 bits per heavy atom. The van der Waals surface area contributed by atoms with E-state index in [-0.39, 0.29) is 6.04 Å². The van der Waals surface area contributed by atoms with Gasteiger partial charge in [-0.1, -0.05) is 6.08 Å². The summed E-state index contributed by atoms with van der Waals surface area (Å²) in [5.41, 5.74) is 1.14. The van der Waals surface area contributed by atoms with Crippen LogP contribution in [0.1, 0.15) is 18.3 Å². The summed E-state index contributed by atoms with van der Waals surface area (Å²) in [7, 11) is 0. The molecule has 0 saturated carbocycles. The molecular formula is C10H12N4. The first-order valence-corrected chi connectivity index (χ1v) is 4.30. The van der Waals surface area contributed by atoms with Gasteiger partial charge >= 0.3 is 0 Å². The van der Waals surface area contributed by atoms with Gasteiger partial charge in [-0.3, -0.25) is 0 Å². The van der Waals surface area contributed by atoms with E-state index in [0.717, 1.165) is 5.69 Å². The van der Waals surface area contributed by atoms with E-state index in [1.165, 1.54) is 0 Å². The normalized spacial score (nSPS) is 11.5. The first-order valence-electron chi connectivity index (χ1n) is 4.30. The average molecular weight is 188 g/mol. The Labute approximate surface area is 83.3 Å². The van der Waals surface area contributed by atoms with Crippen molar-refractivity contribution in [3.05, 3.63) is 30.1 Å². The summed E-state index contributed by atoms with van der Waals surface area (Å²) < 4.78 is 0. The van der Waals surface area contributed by atoms with Crippen LogP contribution in [0.4, 0.5) is 5.95 Å². The first-order chi connectivity index (χ1) is 6.65. The Morgan fingerprint density at radius 1 is 1.64 bits per heavy atom. The van der Waals surface area contributed by atoms with Crippen molar-refractivity contribution < 1.29 is 0 Å². The summed E-state index contributed by atoms with van der Waals surface area (Å²) in [6, 6.07) is 3.71. The fraction of sp³-hybridized carbons (Fsp3) is 0.300. The Bertz CT molecular complexity index is 378. The molecule has 1 heterocycles. The molecule has 4 heteroatoms. The van der Waals surface area contributed by atoms with E-state index in [2.05, 4.69) is 21.9 Å². The Kier molecular flexibility index (Phi) is 3.19. The van der Waals surface area contributed by atoms with Gasteiger partial charge in [-0.15, -0.1) is 6.58 Å². The number of hydrogen-bond donors (Lipinski definition) is 1. The molecule has 0 amide bonds. The lowest BCUT2D eigenvalue weighted by Gasteiger charge is -2.09. The number of aryl methyl sites for hydroxylation is 1. The van der Waals surface area contributed by atoms with E-state index in [4.69, 9.17) is 5.26 Å². The third kappa shape index (κ3) is 2.56. The van der Waals surface area contributed by atoms with E-state index in [1.54, 1.807) is 12.1 Å². The van der Waals surface area contributed by atoms with Crippen LogP contribution in [-0.2, 0) is 0 Å². The highest BCUT2D eigenvalue weighted by atomic mass is 15.1. The summed E-state index contributed by atoms with van der Waals surface area (Å²) >= 11 is 0. The summed E-state index contributed by atoms with van der Waals surface area (Å²) in [6.45, 7) is 7.40. The Balaban J connectivity index is 2.93. The van der Waals surface area contributed by atoms with E-state index >= 15 is 0 Å². The standard InChI is InChI=1S/C10H12N4/c1-4-7(2)12-10-13-8(3)5-9(6-11)14-10/h4-5,7H,1H2,2-3H3,(H,12,13,14). The molecule has 1 rings (SSSR count). The Hall–Kier alpha value is -1.89. The molecule has 1 aromatic rings. The fourth-order valence-electron chi connectivity index (χ4n) is 0.953. The van der Waals surface area contributed by atoms with Gasteiger partial charge in [0.15, 0.2) is 0 Å². The van der Waals surface area contributed by atoms with Crippen LogP contribution in [0.2, 0.25) is 0 Å². The van der Waals surface area contributed by atoms with Crippen LogP contribution in [0.5, 0.6) is 0 Å². The molecule has 0 radical (unpaired) electrons. The smallest absolute Gasteiger partial charge is 0.224 e. The monoisotopic (exact) mass is 188 g/mol. The van der Waals surface area contributed by atoms with Gasteiger partial charge in [-0.25, -0.2) is 9.97 Å². The van der Waals surface area contributed by atoms with Crippen LogP contribution < -0.4 is 5.32 Å². The third-order valence-corrected chi connectivity index (χ3v) is 1.68. The lowest BCUT2D eigenvalue weighted by Crippen LogP contribution is -2.14. The molecule has 72 valence electrons. The van der Waals surface area contributed by atoms with E-state index in [9.17, 15) is 0 Å². The lowest BCUT2D eigenvalue weighted by molar-refractivity contribution is 0.944. The molecule has 0 aliphatic rings. The summed E-state index contributed by atoms with van der Waals surface area (Å²) in [5, 5.41) is 11.7. The molecule has 1 aromatic heterocycles. The SMILES string of the molecule is C=CC(C)Nc1nc(C)cc(C#N)n1. The highest BCUT2D eigenvalue weighted by molar-refractivity contribution is 5.34. The van der Waals surface area contributed by atoms with Crippen LogP contribution in [0.15, 0.2) is 18.7 Å².